The molecule has 1 amide bonds. The van der Waals surface area contributed by atoms with E-state index in [0.29, 0.717) is 6.04 Å². The van der Waals surface area contributed by atoms with E-state index in [4.69, 9.17) is 4.74 Å². The average molecular weight is 340 g/mol. The minimum Gasteiger partial charge on any atom is -0.444 e. The van der Waals surface area contributed by atoms with Crippen LogP contribution in [0.3, 0.4) is 0 Å². The summed E-state index contributed by atoms with van der Waals surface area (Å²) in [5.74, 6) is 0. The summed E-state index contributed by atoms with van der Waals surface area (Å²) in [6.45, 7) is 10.2. The molecule has 0 saturated carbocycles. The maximum atomic E-state index is 12.2. The standard InChI is InChI=1S/C17H29N3O2S/c1-5-14-11-19-15(23-14)12-18-13-7-6-9-20(10-8-13)16(21)22-17(2,3)4/h11,13,18H,5-10,12H2,1-4H3. The second kappa shape index (κ2) is 8.11. The van der Waals surface area contributed by atoms with Crippen molar-refractivity contribution in [3.63, 3.8) is 0 Å². The largest absolute Gasteiger partial charge is 0.444 e. The molecule has 1 aliphatic heterocycles. The molecule has 0 bridgehead atoms. The van der Waals surface area contributed by atoms with Gasteiger partial charge in [-0.05, 0) is 46.5 Å². The van der Waals surface area contributed by atoms with Crippen LogP contribution in [0.1, 0.15) is 56.8 Å². The lowest BCUT2D eigenvalue weighted by atomic mass is 10.1. The van der Waals surface area contributed by atoms with Crippen LogP contribution in [0, 0.1) is 0 Å². The van der Waals surface area contributed by atoms with Crippen LogP contribution >= 0.6 is 11.3 Å². The Balaban J connectivity index is 1.78. The smallest absolute Gasteiger partial charge is 0.410 e. The molecule has 2 rings (SSSR count). The van der Waals surface area contributed by atoms with Gasteiger partial charge >= 0.3 is 6.09 Å². The second-order valence-corrected chi connectivity index (χ2v) is 8.25. The van der Waals surface area contributed by atoms with Crippen LogP contribution in [-0.2, 0) is 17.7 Å². The fourth-order valence-corrected chi connectivity index (χ4v) is 3.45. The third kappa shape index (κ3) is 6.11. The molecule has 1 aromatic heterocycles. The van der Waals surface area contributed by atoms with E-state index < -0.39 is 5.60 Å². The molecular weight excluding hydrogens is 310 g/mol. The summed E-state index contributed by atoms with van der Waals surface area (Å²) >= 11 is 1.78. The lowest BCUT2D eigenvalue weighted by Gasteiger charge is -2.26. The van der Waals surface area contributed by atoms with Gasteiger partial charge in [0, 0.05) is 36.8 Å². The molecule has 2 heterocycles. The lowest BCUT2D eigenvalue weighted by Crippen LogP contribution is -2.38. The fourth-order valence-electron chi connectivity index (χ4n) is 2.63. The van der Waals surface area contributed by atoms with Crippen molar-refractivity contribution in [2.24, 2.45) is 0 Å². The van der Waals surface area contributed by atoms with Crippen LogP contribution < -0.4 is 5.32 Å². The van der Waals surface area contributed by atoms with Crippen LogP contribution in [0.4, 0.5) is 4.79 Å². The number of aromatic nitrogens is 1. The Morgan fingerprint density at radius 1 is 1.43 bits per heavy atom. The molecule has 6 heteroatoms. The molecule has 1 saturated heterocycles. The zero-order chi connectivity index (χ0) is 16.9. The molecule has 1 atom stereocenters. The van der Waals surface area contributed by atoms with Crippen LogP contribution in [-0.4, -0.2) is 40.7 Å². The predicted molar refractivity (Wildman–Crippen MR) is 93.8 cm³/mol. The van der Waals surface area contributed by atoms with Gasteiger partial charge in [0.05, 0.1) is 0 Å². The van der Waals surface area contributed by atoms with Gasteiger partial charge in [-0.15, -0.1) is 11.3 Å². The van der Waals surface area contributed by atoms with Gasteiger partial charge < -0.3 is 15.0 Å². The van der Waals surface area contributed by atoms with Crippen molar-refractivity contribution < 1.29 is 9.53 Å². The van der Waals surface area contributed by atoms with E-state index in [1.54, 1.807) is 11.3 Å². The first-order chi connectivity index (χ1) is 10.9. The molecule has 1 N–H and O–H groups in total. The lowest BCUT2D eigenvalue weighted by molar-refractivity contribution is 0.0256. The van der Waals surface area contributed by atoms with Gasteiger partial charge in [-0.25, -0.2) is 9.78 Å². The van der Waals surface area contributed by atoms with E-state index in [2.05, 4.69) is 17.2 Å². The monoisotopic (exact) mass is 339 g/mol. The molecule has 1 fully saturated rings. The van der Waals surface area contributed by atoms with Gasteiger partial charge in [-0.3, -0.25) is 0 Å². The van der Waals surface area contributed by atoms with Crippen molar-refractivity contribution in [2.45, 2.75) is 71.6 Å². The maximum Gasteiger partial charge on any atom is 0.410 e. The molecule has 0 aromatic carbocycles. The highest BCUT2D eigenvalue weighted by atomic mass is 32.1. The molecule has 1 aliphatic rings. The quantitative estimate of drug-likeness (QED) is 0.911. The number of carbonyl (C=O) groups excluding carboxylic acids is 1. The summed E-state index contributed by atoms with van der Waals surface area (Å²) in [4.78, 5) is 19.8. The first kappa shape index (κ1) is 18.2. The van der Waals surface area contributed by atoms with Crippen molar-refractivity contribution in [3.8, 4) is 0 Å². The fraction of sp³-hybridized carbons (Fsp3) is 0.765. The number of thiazole rings is 1. The van der Waals surface area contributed by atoms with Gasteiger partial charge in [-0.2, -0.15) is 0 Å². The summed E-state index contributed by atoms with van der Waals surface area (Å²) < 4.78 is 5.47. The van der Waals surface area contributed by atoms with Crippen molar-refractivity contribution in [1.29, 1.82) is 0 Å². The average Bonchev–Trinajstić information content (AvgIpc) is 2.80. The molecule has 0 spiro atoms. The minimum absolute atomic E-state index is 0.189. The molecule has 5 nitrogen and oxygen atoms in total. The van der Waals surface area contributed by atoms with Crippen LogP contribution in [0.15, 0.2) is 6.20 Å². The predicted octanol–water partition coefficient (Wildman–Crippen LogP) is 3.58. The van der Waals surface area contributed by atoms with E-state index in [0.717, 1.165) is 50.3 Å². The highest BCUT2D eigenvalue weighted by molar-refractivity contribution is 7.11. The normalized spacial score (nSPS) is 19.5. The van der Waals surface area contributed by atoms with Gasteiger partial charge in [0.1, 0.15) is 10.6 Å². The summed E-state index contributed by atoms with van der Waals surface area (Å²) in [5.41, 5.74) is -0.428. The van der Waals surface area contributed by atoms with Crippen LogP contribution in [0.2, 0.25) is 0 Å². The minimum atomic E-state index is -0.428. The van der Waals surface area contributed by atoms with E-state index in [-0.39, 0.29) is 6.09 Å². The summed E-state index contributed by atoms with van der Waals surface area (Å²) in [6, 6.07) is 0.441. The molecule has 1 unspecified atom stereocenters. The van der Waals surface area contributed by atoms with E-state index in [9.17, 15) is 4.79 Å². The maximum absolute atomic E-state index is 12.2. The van der Waals surface area contributed by atoms with Crippen molar-refractivity contribution in [2.75, 3.05) is 13.1 Å². The molecule has 0 radical (unpaired) electrons. The number of carbonyl (C=O) groups is 1. The van der Waals surface area contributed by atoms with Gasteiger partial charge in [0.2, 0.25) is 0 Å². The molecule has 1 aromatic rings. The Labute approximate surface area is 143 Å². The first-order valence-corrected chi connectivity index (χ1v) is 9.34. The highest BCUT2D eigenvalue weighted by Crippen LogP contribution is 2.17. The third-order valence-electron chi connectivity index (χ3n) is 3.87. The van der Waals surface area contributed by atoms with Crippen molar-refractivity contribution in [1.82, 2.24) is 15.2 Å². The molecule has 23 heavy (non-hydrogen) atoms. The van der Waals surface area contributed by atoms with Gasteiger partial charge in [0.15, 0.2) is 0 Å². The Hall–Kier alpha value is -1.14. The first-order valence-electron chi connectivity index (χ1n) is 8.52. The third-order valence-corrected chi connectivity index (χ3v) is 5.01. The second-order valence-electron chi connectivity index (χ2n) is 7.05. The number of amides is 1. The number of likely N-dealkylation sites (tertiary alicyclic amines) is 1. The topological polar surface area (TPSA) is 54.5 Å². The van der Waals surface area contributed by atoms with Crippen LogP contribution in [0.25, 0.3) is 0 Å². The van der Waals surface area contributed by atoms with Crippen LogP contribution in [0.5, 0.6) is 0 Å². The summed E-state index contributed by atoms with van der Waals surface area (Å²) in [5, 5.41) is 4.74. The number of hydrogen-bond acceptors (Lipinski definition) is 5. The number of aryl methyl sites for hydroxylation is 1. The van der Waals surface area contributed by atoms with Gasteiger partial charge in [-0.1, -0.05) is 6.92 Å². The number of rotatable bonds is 4. The molecular formula is C17H29N3O2S. The zero-order valence-electron chi connectivity index (χ0n) is 14.7. The van der Waals surface area contributed by atoms with Crippen molar-refractivity contribution >= 4 is 17.4 Å². The number of nitrogens with zero attached hydrogens (tertiary/aromatic N) is 2. The number of nitrogens with one attached hydrogen (secondary N) is 1. The van der Waals surface area contributed by atoms with E-state index in [1.165, 1.54) is 4.88 Å². The number of ether oxygens (including phenoxy) is 1. The summed E-state index contributed by atoms with van der Waals surface area (Å²) in [6.07, 6.45) is 5.89. The Morgan fingerprint density at radius 2 is 2.22 bits per heavy atom. The Morgan fingerprint density at radius 3 is 2.87 bits per heavy atom. The Kier molecular flexibility index (Phi) is 6.41. The SMILES string of the molecule is CCc1cnc(CNC2CCCN(C(=O)OC(C)(C)C)CC2)s1. The summed E-state index contributed by atoms with van der Waals surface area (Å²) in [7, 11) is 0. The molecule has 0 aliphatic carbocycles. The van der Waals surface area contributed by atoms with Crippen molar-refractivity contribution in [3.05, 3.63) is 16.1 Å². The van der Waals surface area contributed by atoms with E-state index in [1.807, 2.05) is 31.9 Å². The molecule has 130 valence electrons. The van der Waals surface area contributed by atoms with Gasteiger partial charge in [0.25, 0.3) is 0 Å². The highest BCUT2D eigenvalue weighted by Gasteiger charge is 2.25. The van der Waals surface area contributed by atoms with E-state index >= 15 is 0 Å². The number of hydrogen-bond donors (Lipinski definition) is 1. The zero-order valence-corrected chi connectivity index (χ0v) is 15.5. The Bertz CT molecular complexity index is 510.